The van der Waals surface area contributed by atoms with Crippen LogP contribution in [0.1, 0.15) is 27.2 Å². The van der Waals surface area contributed by atoms with Crippen molar-refractivity contribution in [2.45, 2.75) is 33.2 Å². The molecule has 0 radical (unpaired) electrons. The Hall–Kier alpha value is -0.710. The predicted octanol–water partition coefficient (Wildman–Crippen LogP) is 1.45. The van der Waals surface area contributed by atoms with Gasteiger partial charge in [0.05, 0.1) is 0 Å². The molecule has 1 rings (SSSR count). The first-order chi connectivity index (χ1) is 7.31. The van der Waals surface area contributed by atoms with Gasteiger partial charge in [-0.15, -0.1) is 0 Å². The molecule has 1 unspecified atom stereocenters. The van der Waals surface area contributed by atoms with E-state index in [0.29, 0.717) is 18.7 Å². The summed E-state index contributed by atoms with van der Waals surface area (Å²) in [6.07, 6.45) is 0.404. The van der Waals surface area contributed by atoms with Crippen LogP contribution >= 0.6 is 11.8 Å². The zero-order chi connectivity index (χ0) is 12.3. The van der Waals surface area contributed by atoms with Crippen molar-refractivity contribution in [3.8, 4) is 0 Å². The number of hydrogen-bond acceptors (Lipinski definition) is 3. The van der Waals surface area contributed by atoms with Crippen molar-refractivity contribution in [1.29, 1.82) is 0 Å². The fraction of sp³-hybridized carbons (Fsp3) is 0.818. The average Bonchev–Trinajstić information content (AvgIpc) is 2.15. The van der Waals surface area contributed by atoms with Gasteiger partial charge in [-0.2, -0.15) is 11.8 Å². The summed E-state index contributed by atoms with van der Waals surface area (Å²) in [6.45, 7) is 6.51. The monoisotopic (exact) mass is 245 g/mol. The van der Waals surface area contributed by atoms with Crippen molar-refractivity contribution in [3.05, 3.63) is 0 Å². The van der Waals surface area contributed by atoms with Gasteiger partial charge >= 0.3 is 5.97 Å². The molecule has 0 aliphatic carbocycles. The second kappa shape index (κ2) is 5.08. The molecule has 1 heterocycles. The van der Waals surface area contributed by atoms with Crippen LogP contribution in [0, 0.1) is 5.41 Å². The van der Waals surface area contributed by atoms with Gasteiger partial charge in [-0.05, 0) is 5.41 Å². The van der Waals surface area contributed by atoms with E-state index in [0.717, 1.165) is 5.75 Å². The minimum atomic E-state index is -0.894. The summed E-state index contributed by atoms with van der Waals surface area (Å²) in [5.74, 6) is 0.403. The number of nitrogens with zero attached hydrogens (tertiary/aromatic N) is 1. The minimum absolute atomic E-state index is 0.0415. The van der Waals surface area contributed by atoms with Crippen molar-refractivity contribution in [3.63, 3.8) is 0 Å². The fourth-order valence-corrected chi connectivity index (χ4v) is 2.70. The van der Waals surface area contributed by atoms with E-state index in [1.807, 2.05) is 20.8 Å². The Morgan fingerprint density at radius 3 is 2.56 bits per heavy atom. The Balaban J connectivity index is 2.68. The van der Waals surface area contributed by atoms with Crippen molar-refractivity contribution in [1.82, 2.24) is 4.90 Å². The molecule has 1 aliphatic heterocycles. The smallest absolute Gasteiger partial charge is 0.327 e. The number of carbonyl (C=O) groups excluding carboxylic acids is 1. The van der Waals surface area contributed by atoms with Gasteiger partial charge < -0.3 is 10.0 Å². The van der Waals surface area contributed by atoms with Crippen molar-refractivity contribution in [2.24, 2.45) is 5.41 Å². The molecule has 1 N–H and O–H groups in total. The topological polar surface area (TPSA) is 57.6 Å². The second-order valence-corrected chi connectivity index (χ2v) is 6.40. The number of thioether (sulfide) groups is 1. The number of carboxylic acids is 1. The lowest BCUT2D eigenvalue weighted by Gasteiger charge is -2.34. The molecule has 0 aromatic heterocycles. The van der Waals surface area contributed by atoms with Crippen molar-refractivity contribution >= 4 is 23.6 Å². The molecule has 0 saturated carbocycles. The van der Waals surface area contributed by atoms with Crippen molar-refractivity contribution < 1.29 is 14.7 Å². The van der Waals surface area contributed by atoms with Crippen LogP contribution in [-0.4, -0.2) is 46.0 Å². The molecule has 16 heavy (non-hydrogen) atoms. The Labute approximate surface area is 100 Å². The number of carbonyl (C=O) groups is 2. The average molecular weight is 245 g/mol. The standard InChI is InChI=1S/C11H19NO3S/c1-11(2,3)6-9(13)12-4-5-16-7-8(12)10(14)15/h8H,4-7H2,1-3H3,(H,14,15). The fourth-order valence-electron chi connectivity index (χ4n) is 1.66. The van der Waals surface area contributed by atoms with E-state index in [-0.39, 0.29) is 11.3 Å². The first-order valence-corrected chi connectivity index (χ1v) is 6.57. The van der Waals surface area contributed by atoms with Crippen LogP contribution in [0.2, 0.25) is 0 Å². The summed E-state index contributed by atoms with van der Waals surface area (Å²) >= 11 is 1.60. The molecule has 4 nitrogen and oxygen atoms in total. The molecule has 1 fully saturated rings. The molecular formula is C11H19NO3S. The third-order valence-corrected chi connectivity index (χ3v) is 3.44. The lowest BCUT2D eigenvalue weighted by molar-refractivity contribution is -0.150. The lowest BCUT2D eigenvalue weighted by Crippen LogP contribution is -2.50. The van der Waals surface area contributed by atoms with Gasteiger partial charge in [0, 0.05) is 24.5 Å². The van der Waals surface area contributed by atoms with E-state index in [4.69, 9.17) is 5.11 Å². The Morgan fingerprint density at radius 1 is 1.44 bits per heavy atom. The van der Waals surface area contributed by atoms with Gasteiger partial charge in [-0.3, -0.25) is 4.79 Å². The summed E-state index contributed by atoms with van der Waals surface area (Å²) in [5, 5.41) is 9.05. The van der Waals surface area contributed by atoms with Crippen LogP contribution in [0.5, 0.6) is 0 Å². The molecule has 1 amide bonds. The molecule has 5 heteroatoms. The van der Waals surface area contributed by atoms with Gasteiger partial charge in [0.1, 0.15) is 6.04 Å². The highest BCUT2D eigenvalue weighted by atomic mass is 32.2. The summed E-state index contributed by atoms with van der Waals surface area (Å²) in [6, 6.07) is -0.645. The molecule has 92 valence electrons. The summed E-state index contributed by atoms with van der Waals surface area (Å²) in [4.78, 5) is 24.5. The number of amides is 1. The zero-order valence-electron chi connectivity index (χ0n) is 10.0. The molecule has 0 aromatic rings. The van der Waals surface area contributed by atoms with E-state index in [1.165, 1.54) is 4.90 Å². The largest absolute Gasteiger partial charge is 0.480 e. The van der Waals surface area contributed by atoms with Crippen LogP contribution in [0.4, 0.5) is 0 Å². The summed E-state index contributed by atoms with van der Waals surface area (Å²) in [5.41, 5.74) is -0.0925. The maximum atomic E-state index is 12.0. The van der Waals surface area contributed by atoms with E-state index >= 15 is 0 Å². The Kier molecular flexibility index (Phi) is 4.24. The Morgan fingerprint density at radius 2 is 2.06 bits per heavy atom. The predicted molar refractivity (Wildman–Crippen MR) is 64.5 cm³/mol. The van der Waals surface area contributed by atoms with Crippen LogP contribution in [0.15, 0.2) is 0 Å². The molecule has 0 aromatic carbocycles. The number of hydrogen-bond donors (Lipinski definition) is 1. The number of carboxylic acid groups (broad SMARTS) is 1. The van der Waals surface area contributed by atoms with Gasteiger partial charge in [0.2, 0.25) is 5.91 Å². The molecule has 0 spiro atoms. The first kappa shape index (κ1) is 13.4. The molecule has 0 bridgehead atoms. The van der Waals surface area contributed by atoms with Crippen LogP contribution in [0.3, 0.4) is 0 Å². The van der Waals surface area contributed by atoms with Crippen LogP contribution in [0.25, 0.3) is 0 Å². The van der Waals surface area contributed by atoms with E-state index in [9.17, 15) is 9.59 Å². The van der Waals surface area contributed by atoms with Gasteiger partial charge in [0.15, 0.2) is 0 Å². The van der Waals surface area contributed by atoms with Gasteiger partial charge in [0.25, 0.3) is 0 Å². The highest BCUT2D eigenvalue weighted by Gasteiger charge is 2.33. The molecule has 1 saturated heterocycles. The summed E-state index contributed by atoms with van der Waals surface area (Å²) in [7, 11) is 0. The normalized spacial score (nSPS) is 21.9. The van der Waals surface area contributed by atoms with Crippen LogP contribution < -0.4 is 0 Å². The quantitative estimate of drug-likeness (QED) is 0.800. The molecule has 1 aliphatic rings. The van der Waals surface area contributed by atoms with E-state index in [1.54, 1.807) is 11.8 Å². The van der Waals surface area contributed by atoms with E-state index < -0.39 is 12.0 Å². The minimum Gasteiger partial charge on any atom is -0.480 e. The lowest BCUT2D eigenvalue weighted by atomic mass is 9.91. The SMILES string of the molecule is CC(C)(C)CC(=O)N1CCSCC1C(=O)O. The molecular weight excluding hydrogens is 226 g/mol. The summed E-state index contributed by atoms with van der Waals surface area (Å²) < 4.78 is 0. The van der Waals surface area contributed by atoms with Gasteiger partial charge in [-0.25, -0.2) is 4.79 Å². The van der Waals surface area contributed by atoms with Crippen molar-refractivity contribution in [2.75, 3.05) is 18.1 Å². The first-order valence-electron chi connectivity index (χ1n) is 5.41. The van der Waals surface area contributed by atoms with Gasteiger partial charge in [-0.1, -0.05) is 20.8 Å². The molecule has 1 atom stereocenters. The second-order valence-electron chi connectivity index (χ2n) is 5.25. The van der Waals surface area contributed by atoms with E-state index in [2.05, 4.69) is 0 Å². The zero-order valence-corrected chi connectivity index (χ0v) is 10.8. The maximum Gasteiger partial charge on any atom is 0.327 e. The third-order valence-electron chi connectivity index (χ3n) is 2.42. The maximum absolute atomic E-state index is 12.0. The highest BCUT2D eigenvalue weighted by molar-refractivity contribution is 7.99. The van der Waals surface area contributed by atoms with Crippen LogP contribution in [-0.2, 0) is 9.59 Å². The number of aliphatic carboxylic acids is 1. The number of rotatable bonds is 2. The Bertz CT molecular complexity index is 285. The highest BCUT2D eigenvalue weighted by Crippen LogP contribution is 2.23. The third kappa shape index (κ3) is 3.70.